The number of ketones is 1. The minimum atomic E-state index is -1.08. The standard InChI is InChI=1S/C18H23NO4/c1-10-16(17(21)22-2)19-18(23-10)13-8-4-6-11-5-3-7-12(15(11)13)9-14(18)20/h4,6,9-11,13,15-16,19H,3,5,7-8H2,1-2H3/t10-,11+,13-,15-,16+,18-/m1/s1. The monoisotopic (exact) mass is 317 g/mol. The minimum absolute atomic E-state index is 0.0389. The van der Waals surface area contributed by atoms with E-state index in [1.807, 2.05) is 6.92 Å². The van der Waals surface area contributed by atoms with Crippen LogP contribution in [0.1, 0.15) is 32.6 Å². The van der Waals surface area contributed by atoms with Crippen LogP contribution in [0, 0.1) is 17.8 Å². The molecule has 0 aromatic rings. The van der Waals surface area contributed by atoms with E-state index in [2.05, 4.69) is 17.5 Å². The summed E-state index contributed by atoms with van der Waals surface area (Å²) < 4.78 is 11.0. The summed E-state index contributed by atoms with van der Waals surface area (Å²) in [6.45, 7) is 1.83. The van der Waals surface area contributed by atoms with Gasteiger partial charge in [-0.3, -0.25) is 14.9 Å². The number of hydrogen-bond donors (Lipinski definition) is 1. The smallest absolute Gasteiger partial charge is 0.325 e. The molecule has 1 aliphatic heterocycles. The maximum Gasteiger partial charge on any atom is 0.325 e. The normalized spacial score (nSPS) is 44.9. The van der Waals surface area contributed by atoms with Crippen LogP contribution in [0.3, 0.4) is 0 Å². The highest BCUT2D eigenvalue weighted by molar-refractivity contribution is 6.00. The Labute approximate surface area is 136 Å². The molecule has 3 aliphatic carbocycles. The molecule has 1 N–H and O–H groups in total. The first-order valence-electron chi connectivity index (χ1n) is 8.51. The summed E-state index contributed by atoms with van der Waals surface area (Å²) in [5.41, 5.74) is 0.193. The van der Waals surface area contributed by atoms with Gasteiger partial charge in [-0.25, -0.2) is 0 Å². The van der Waals surface area contributed by atoms with Crippen molar-refractivity contribution in [2.24, 2.45) is 17.8 Å². The first kappa shape index (κ1) is 15.1. The van der Waals surface area contributed by atoms with E-state index < -0.39 is 11.8 Å². The highest BCUT2D eigenvalue weighted by Gasteiger charge is 2.61. The zero-order valence-electron chi connectivity index (χ0n) is 13.6. The van der Waals surface area contributed by atoms with Gasteiger partial charge < -0.3 is 9.47 Å². The summed E-state index contributed by atoms with van der Waals surface area (Å²) in [5.74, 6) is 0.480. The van der Waals surface area contributed by atoms with Crippen LogP contribution in [0.15, 0.2) is 23.8 Å². The molecule has 0 radical (unpaired) electrons. The number of allylic oxidation sites excluding steroid dienone is 3. The summed E-state index contributed by atoms with van der Waals surface area (Å²) in [5, 5.41) is 3.22. The number of rotatable bonds is 1. The molecule has 5 nitrogen and oxygen atoms in total. The Balaban J connectivity index is 1.74. The molecule has 0 amide bonds. The Morgan fingerprint density at radius 3 is 3.09 bits per heavy atom. The molecular weight excluding hydrogens is 294 g/mol. The van der Waals surface area contributed by atoms with Gasteiger partial charge in [0.1, 0.15) is 6.04 Å². The van der Waals surface area contributed by atoms with Crippen LogP contribution in [0.25, 0.3) is 0 Å². The van der Waals surface area contributed by atoms with Crippen LogP contribution in [-0.4, -0.2) is 36.7 Å². The number of hydrogen-bond acceptors (Lipinski definition) is 5. The van der Waals surface area contributed by atoms with Crippen molar-refractivity contribution in [3.8, 4) is 0 Å². The fourth-order valence-corrected chi connectivity index (χ4v) is 4.97. The number of carbonyl (C=O) groups excluding carboxylic acids is 2. The minimum Gasteiger partial charge on any atom is -0.468 e. The van der Waals surface area contributed by atoms with Crippen molar-refractivity contribution in [3.63, 3.8) is 0 Å². The maximum atomic E-state index is 12.9. The summed E-state index contributed by atoms with van der Waals surface area (Å²) in [4.78, 5) is 24.9. The fraction of sp³-hybridized carbons (Fsp3) is 0.667. The Bertz CT molecular complexity index is 610. The van der Waals surface area contributed by atoms with Crippen molar-refractivity contribution in [2.45, 2.75) is 50.5 Å². The number of ether oxygens (including phenoxy) is 2. The van der Waals surface area contributed by atoms with Crippen molar-refractivity contribution in [3.05, 3.63) is 23.8 Å². The molecule has 2 fully saturated rings. The SMILES string of the molecule is COC(=O)[C@H]1N[C@]2(O[C@@H]1C)C(=O)C=C1CCC[C@H]3C=CC[C@@H]2[C@@H]13. The van der Waals surface area contributed by atoms with Crippen LogP contribution in [0.5, 0.6) is 0 Å². The van der Waals surface area contributed by atoms with Gasteiger partial charge in [-0.2, -0.15) is 0 Å². The fourth-order valence-electron chi connectivity index (χ4n) is 4.97. The van der Waals surface area contributed by atoms with Crippen molar-refractivity contribution in [2.75, 3.05) is 7.11 Å². The van der Waals surface area contributed by atoms with E-state index in [1.54, 1.807) is 6.08 Å². The van der Waals surface area contributed by atoms with Crippen molar-refractivity contribution in [1.82, 2.24) is 5.32 Å². The Hall–Kier alpha value is -1.46. The van der Waals surface area contributed by atoms with Gasteiger partial charge >= 0.3 is 5.97 Å². The van der Waals surface area contributed by atoms with Crippen LogP contribution < -0.4 is 5.32 Å². The molecule has 4 aliphatic rings. The summed E-state index contributed by atoms with van der Waals surface area (Å²) in [7, 11) is 1.36. The first-order valence-corrected chi connectivity index (χ1v) is 8.51. The second kappa shape index (κ2) is 5.28. The van der Waals surface area contributed by atoms with E-state index >= 15 is 0 Å². The lowest BCUT2D eigenvalue weighted by Crippen LogP contribution is -2.62. The van der Waals surface area contributed by atoms with Crippen LogP contribution >= 0.6 is 0 Å². The zero-order valence-corrected chi connectivity index (χ0v) is 13.6. The topological polar surface area (TPSA) is 64.6 Å². The van der Waals surface area contributed by atoms with Gasteiger partial charge in [-0.15, -0.1) is 0 Å². The third-order valence-electron chi connectivity index (χ3n) is 5.97. The van der Waals surface area contributed by atoms with Crippen LogP contribution in [-0.2, 0) is 19.1 Å². The molecular formula is C18H23NO4. The lowest BCUT2D eigenvalue weighted by Gasteiger charge is -2.49. The average molecular weight is 317 g/mol. The predicted octanol–water partition coefficient (Wildman–Crippen LogP) is 1.73. The lowest BCUT2D eigenvalue weighted by atomic mass is 9.59. The number of esters is 1. The molecule has 0 bridgehead atoms. The molecule has 4 rings (SSSR count). The molecule has 23 heavy (non-hydrogen) atoms. The third-order valence-corrected chi connectivity index (χ3v) is 5.97. The quantitative estimate of drug-likeness (QED) is 0.589. The van der Waals surface area contributed by atoms with E-state index in [9.17, 15) is 9.59 Å². The van der Waals surface area contributed by atoms with Gasteiger partial charge in [-0.05, 0) is 50.5 Å². The van der Waals surface area contributed by atoms with Gasteiger partial charge in [0, 0.05) is 5.92 Å². The van der Waals surface area contributed by atoms with E-state index in [0.717, 1.165) is 25.7 Å². The van der Waals surface area contributed by atoms with E-state index in [-0.39, 0.29) is 23.8 Å². The number of methoxy groups -OCH3 is 1. The molecule has 0 aromatic carbocycles. The molecule has 5 heteroatoms. The number of nitrogens with one attached hydrogen (secondary N) is 1. The molecule has 1 heterocycles. The van der Waals surface area contributed by atoms with Gasteiger partial charge in [-0.1, -0.05) is 17.7 Å². The highest BCUT2D eigenvalue weighted by atomic mass is 16.6. The summed E-state index contributed by atoms with van der Waals surface area (Å²) >= 11 is 0. The van der Waals surface area contributed by atoms with E-state index in [4.69, 9.17) is 9.47 Å². The van der Waals surface area contributed by atoms with Crippen molar-refractivity contribution < 1.29 is 19.1 Å². The largest absolute Gasteiger partial charge is 0.468 e. The molecule has 1 saturated carbocycles. The zero-order chi connectivity index (χ0) is 16.2. The molecule has 6 atom stereocenters. The van der Waals surface area contributed by atoms with Gasteiger partial charge in [0.05, 0.1) is 13.2 Å². The van der Waals surface area contributed by atoms with Crippen LogP contribution in [0.2, 0.25) is 0 Å². The number of fused-ring (bicyclic) bond motifs is 1. The molecule has 0 unspecified atom stereocenters. The number of carbonyl (C=O) groups is 2. The Morgan fingerprint density at radius 1 is 1.48 bits per heavy atom. The van der Waals surface area contributed by atoms with Crippen molar-refractivity contribution >= 4 is 11.8 Å². The predicted molar refractivity (Wildman–Crippen MR) is 83.4 cm³/mol. The summed E-state index contributed by atoms with van der Waals surface area (Å²) in [6.07, 6.45) is 9.99. The molecule has 124 valence electrons. The Kier molecular flexibility index (Phi) is 3.46. The molecule has 1 saturated heterocycles. The Morgan fingerprint density at radius 2 is 2.30 bits per heavy atom. The van der Waals surface area contributed by atoms with E-state index in [0.29, 0.717) is 11.8 Å². The molecule has 0 aromatic heterocycles. The first-order chi connectivity index (χ1) is 11.1. The van der Waals surface area contributed by atoms with Crippen molar-refractivity contribution in [1.29, 1.82) is 0 Å². The molecule has 1 spiro atoms. The van der Waals surface area contributed by atoms with Gasteiger partial charge in [0.25, 0.3) is 0 Å². The third kappa shape index (κ3) is 2.06. The second-order valence-electron chi connectivity index (χ2n) is 7.14. The lowest BCUT2D eigenvalue weighted by molar-refractivity contribution is -0.156. The van der Waals surface area contributed by atoms with Crippen LogP contribution in [0.4, 0.5) is 0 Å². The van der Waals surface area contributed by atoms with E-state index in [1.165, 1.54) is 12.7 Å². The highest BCUT2D eigenvalue weighted by Crippen LogP contribution is 2.52. The second-order valence-corrected chi connectivity index (χ2v) is 7.14. The average Bonchev–Trinajstić information content (AvgIpc) is 2.91. The van der Waals surface area contributed by atoms with Gasteiger partial charge in [0.2, 0.25) is 5.78 Å². The van der Waals surface area contributed by atoms with Gasteiger partial charge in [0.15, 0.2) is 5.72 Å². The summed E-state index contributed by atoms with van der Waals surface area (Å²) in [6, 6.07) is -0.591. The maximum absolute atomic E-state index is 12.9.